The number of carbonyl (C=O) groups excluding carboxylic acids is 1. The molecule has 0 bridgehead atoms. The van der Waals surface area contributed by atoms with Crippen molar-refractivity contribution in [2.45, 2.75) is 44.7 Å². The second-order valence-electron chi connectivity index (χ2n) is 6.11. The summed E-state index contributed by atoms with van der Waals surface area (Å²) in [6, 6.07) is 9.63. The summed E-state index contributed by atoms with van der Waals surface area (Å²) in [5, 5.41) is 3.01. The molecule has 5 nitrogen and oxygen atoms in total. The van der Waals surface area contributed by atoms with Crippen LogP contribution in [-0.4, -0.2) is 32.7 Å². The van der Waals surface area contributed by atoms with Crippen LogP contribution in [0.4, 0.5) is 0 Å². The summed E-state index contributed by atoms with van der Waals surface area (Å²) in [7, 11) is -3.37. The molecular weight excluding hydrogens is 300 g/mol. The molecule has 122 valence electrons. The predicted octanol–water partition coefficient (Wildman–Crippen LogP) is 1.45. The third-order valence-electron chi connectivity index (χ3n) is 4.11. The van der Waals surface area contributed by atoms with E-state index in [9.17, 15) is 13.2 Å². The van der Waals surface area contributed by atoms with Crippen LogP contribution in [0.15, 0.2) is 30.3 Å². The number of hydrogen-bond acceptors (Lipinski definition) is 3. The molecule has 0 spiro atoms. The molecule has 1 aliphatic carbocycles. The minimum absolute atomic E-state index is 0.122. The van der Waals surface area contributed by atoms with Gasteiger partial charge >= 0.3 is 0 Å². The van der Waals surface area contributed by atoms with Crippen LogP contribution >= 0.6 is 0 Å². The standard InChI is InChI=1S/C16H24N2O3S/c1-12(18-22(2,20)21)16(19)17-15-10-6-9-14(15)11-13-7-4-3-5-8-13/h3-5,7-8,12,14-15,18H,6,9-11H2,1-2H3,(H,17,19)/t12-,14+,15-/m0/s1. The first kappa shape index (κ1) is 17.0. The van der Waals surface area contributed by atoms with E-state index >= 15 is 0 Å². The number of benzene rings is 1. The molecule has 0 radical (unpaired) electrons. The van der Waals surface area contributed by atoms with Gasteiger partial charge in [0.05, 0.1) is 12.3 Å². The van der Waals surface area contributed by atoms with Crippen LogP contribution < -0.4 is 10.0 Å². The van der Waals surface area contributed by atoms with Gasteiger partial charge in [-0.15, -0.1) is 0 Å². The van der Waals surface area contributed by atoms with Crippen molar-refractivity contribution in [3.63, 3.8) is 0 Å². The Hall–Kier alpha value is -1.40. The average Bonchev–Trinajstić information content (AvgIpc) is 2.85. The lowest BCUT2D eigenvalue weighted by Crippen LogP contribution is -2.48. The summed E-state index contributed by atoms with van der Waals surface area (Å²) in [4.78, 5) is 12.1. The van der Waals surface area contributed by atoms with Crippen LogP contribution in [0.25, 0.3) is 0 Å². The third-order valence-corrected chi connectivity index (χ3v) is 4.89. The van der Waals surface area contributed by atoms with Gasteiger partial charge in [-0.05, 0) is 37.7 Å². The zero-order valence-corrected chi connectivity index (χ0v) is 13.9. The van der Waals surface area contributed by atoms with E-state index in [2.05, 4.69) is 22.2 Å². The predicted molar refractivity (Wildman–Crippen MR) is 86.9 cm³/mol. The zero-order valence-electron chi connectivity index (χ0n) is 13.1. The minimum Gasteiger partial charge on any atom is -0.352 e. The molecule has 0 aromatic heterocycles. The number of amides is 1. The summed E-state index contributed by atoms with van der Waals surface area (Å²) in [5.74, 6) is 0.159. The van der Waals surface area contributed by atoms with Crippen LogP contribution in [0, 0.1) is 5.92 Å². The molecule has 1 amide bonds. The molecule has 2 rings (SSSR count). The lowest BCUT2D eigenvalue weighted by atomic mass is 9.94. The Bertz CT molecular complexity index is 601. The Morgan fingerprint density at radius 2 is 1.95 bits per heavy atom. The highest BCUT2D eigenvalue weighted by Crippen LogP contribution is 2.28. The summed E-state index contributed by atoms with van der Waals surface area (Å²) in [6.07, 6.45) is 5.14. The van der Waals surface area contributed by atoms with E-state index in [1.807, 2.05) is 18.2 Å². The largest absolute Gasteiger partial charge is 0.352 e. The van der Waals surface area contributed by atoms with Crippen LogP contribution in [0.2, 0.25) is 0 Å². The lowest BCUT2D eigenvalue weighted by Gasteiger charge is -2.23. The summed E-state index contributed by atoms with van der Waals surface area (Å²) >= 11 is 0. The molecule has 2 N–H and O–H groups in total. The van der Waals surface area contributed by atoms with Gasteiger partial charge in [-0.25, -0.2) is 13.1 Å². The number of rotatable bonds is 6. The number of carbonyl (C=O) groups is 1. The Morgan fingerprint density at radius 3 is 2.59 bits per heavy atom. The minimum atomic E-state index is -3.37. The highest BCUT2D eigenvalue weighted by molar-refractivity contribution is 7.88. The summed E-state index contributed by atoms with van der Waals surface area (Å²) in [5.41, 5.74) is 1.27. The average molecular weight is 324 g/mol. The molecule has 3 atom stereocenters. The van der Waals surface area contributed by atoms with Gasteiger partial charge in [-0.2, -0.15) is 0 Å². The van der Waals surface area contributed by atoms with Crippen molar-refractivity contribution in [2.75, 3.05) is 6.26 Å². The molecule has 1 fully saturated rings. The van der Waals surface area contributed by atoms with Crippen LogP contribution in [0.3, 0.4) is 0 Å². The summed E-state index contributed by atoms with van der Waals surface area (Å²) in [6.45, 7) is 1.57. The Balaban J connectivity index is 1.92. The topological polar surface area (TPSA) is 75.3 Å². The monoisotopic (exact) mass is 324 g/mol. The fourth-order valence-electron chi connectivity index (χ4n) is 3.07. The van der Waals surface area contributed by atoms with Crippen LogP contribution in [0.1, 0.15) is 31.7 Å². The van der Waals surface area contributed by atoms with E-state index in [1.54, 1.807) is 6.92 Å². The second-order valence-corrected chi connectivity index (χ2v) is 7.89. The highest BCUT2D eigenvalue weighted by atomic mass is 32.2. The van der Waals surface area contributed by atoms with Gasteiger partial charge in [0.15, 0.2) is 0 Å². The van der Waals surface area contributed by atoms with Crippen molar-refractivity contribution < 1.29 is 13.2 Å². The first-order chi connectivity index (χ1) is 10.3. The van der Waals surface area contributed by atoms with Gasteiger partial charge in [0.25, 0.3) is 0 Å². The maximum Gasteiger partial charge on any atom is 0.238 e. The smallest absolute Gasteiger partial charge is 0.238 e. The Morgan fingerprint density at radius 1 is 1.27 bits per heavy atom. The zero-order chi connectivity index (χ0) is 16.2. The first-order valence-electron chi connectivity index (χ1n) is 7.67. The molecule has 0 aliphatic heterocycles. The number of sulfonamides is 1. The van der Waals surface area contributed by atoms with Crippen molar-refractivity contribution in [1.29, 1.82) is 0 Å². The van der Waals surface area contributed by atoms with Gasteiger partial charge in [-0.1, -0.05) is 36.8 Å². The van der Waals surface area contributed by atoms with Crippen LogP contribution in [0.5, 0.6) is 0 Å². The number of nitrogens with one attached hydrogen (secondary N) is 2. The molecule has 6 heteroatoms. The maximum atomic E-state index is 12.1. The van der Waals surface area contributed by atoms with Gasteiger partial charge in [0.2, 0.25) is 15.9 Å². The van der Waals surface area contributed by atoms with Gasteiger partial charge in [0.1, 0.15) is 0 Å². The van der Waals surface area contributed by atoms with E-state index in [4.69, 9.17) is 0 Å². The fourth-order valence-corrected chi connectivity index (χ4v) is 3.82. The third kappa shape index (κ3) is 5.10. The quantitative estimate of drug-likeness (QED) is 0.832. The van der Waals surface area contributed by atoms with Crippen LogP contribution in [-0.2, 0) is 21.2 Å². The SMILES string of the molecule is C[C@H](NS(C)(=O)=O)C(=O)N[C@H]1CCC[C@@H]1Cc1ccccc1. The summed E-state index contributed by atoms with van der Waals surface area (Å²) < 4.78 is 24.7. The molecule has 0 unspecified atom stereocenters. The molecule has 1 aromatic rings. The normalized spacial score (nSPS) is 23.2. The van der Waals surface area contributed by atoms with Gasteiger partial charge in [0, 0.05) is 6.04 Å². The van der Waals surface area contributed by atoms with E-state index < -0.39 is 16.1 Å². The van der Waals surface area contributed by atoms with Crippen molar-refractivity contribution >= 4 is 15.9 Å². The van der Waals surface area contributed by atoms with Crippen molar-refractivity contribution in [3.05, 3.63) is 35.9 Å². The van der Waals surface area contributed by atoms with Crippen molar-refractivity contribution in [1.82, 2.24) is 10.0 Å². The van der Waals surface area contributed by atoms with Crippen molar-refractivity contribution in [2.24, 2.45) is 5.92 Å². The van der Waals surface area contributed by atoms with Gasteiger partial charge < -0.3 is 5.32 Å². The number of hydrogen-bond donors (Lipinski definition) is 2. The Labute approximate surface area is 132 Å². The van der Waals surface area contributed by atoms with E-state index in [0.717, 1.165) is 31.9 Å². The molecule has 0 saturated heterocycles. The van der Waals surface area contributed by atoms with E-state index in [1.165, 1.54) is 5.56 Å². The lowest BCUT2D eigenvalue weighted by molar-refractivity contribution is -0.123. The van der Waals surface area contributed by atoms with Gasteiger partial charge in [-0.3, -0.25) is 4.79 Å². The Kier molecular flexibility index (Phi) is 5.58. The van der Waals surface area contributed by atoms with Crippen molar-refractivity contribution in [3.8, 4) is 0 Å². The fraction of sp³-hybridized carbons (Fsp3) is 0.562. The molecule has 22 heavy (non-hydrogen) atoms. The molecule has 0 heterocycles. The molecule has 1 saturated carbocycles. The second kappa shape index (κ2) is 7.24. The maximum absolute atomic E-state index is 12.1. The van der Waals surface area contributed by atoms with E-state index in [-0.39, 0.29) is 11.9 Å². The van der Waals surface area contributed by atoms with E-state index in [0.29, 0.717) is 5.92 Å². The highest BCUT2D eigenvalue weighted by Gasteiger charge is 2.30. The molecule has 1 aliphatic rings. The molecular formula is C16H24N2O3S. The molecule has 1 aromatic carbocycles. The first-order valence-corrected chi connectivity index (χ1v) is 9.56.